The van der Waals surface area contributed by atoms with Crippen LogP contribution in [0.5, 0.6) is 0 Å². The van der Waals surface area contributed by atoms with Gasteiger partial charge >= 0.3 is 0 Å². The van der Waals surface area contributed by atoms with Crippen molar-refractivity contribution in [3.63, 3.8) is 0 Å². The summed E-state index contributed by atoms with van der Waals surface area (Å²) in [7, 11) is 3.32. The first kappa shape index (κ1) is 18.5. The van der Waals surface area contributed by atoms with E-state index in [-0.39, 0.29) is 28.8 Å². The number of fused-ring (bicyclic) bond motifs is 5. The number of hydroxylamine groups is 2. The maximum Gasteiger partial charge on any atom is 0.249 e. The lowest BCUT2D eigenvalue weighted by Gasteiger charge is -2.58. The Balaban J connectivity index is 1.61. The van der Waals surface area contributed by atoms with Crippen molar-refractivity contribution in [2.45, 2.75) is 71.3 Å². The largest absolute Gasteiger partial charge is 0.393 e. The van der Waals surface area contributed by atoms with Gasteiger partial charge in [-0.25, -0.2) is 5.06 Å². The average Bonchev–Trinajstić information content (AvgIpc) is 2.98. The monoisotopic (exact) mass is 361 g/mol. The van der Waals surface area contributed by atoms with Gasteiger partial charge in [0.15, 0.2) is 0 Å². The second-order valence-electron chi connectivity index (χ2n) is 9.85. The molecule has 0 saturated heterocycles. The zero-order valence-corrected chi connectivity index (χ0v) is 16.8. The summed E-state index contributed by atoms with van der Waals surface area (Å²) in [6.45, 7) is 4.83. The highest BCUT2D eigenvalue weighted by Crippen LogP contribution is 2.66. The zero-order valence-electron chi connectivity index (χ0n) is 16.8. The predicted molar refractivity (Wildman–Crippen MR) is 101 cm³/mol. The van der Waals surface area contributed by atoms with Crippen molar-refractivity contribution in [2.75, 3.05) is 14.2 Å². The molecule has 4 heteroatoms. The lowest BCUT2D eigenvalue weighted by Crippen LogP contribution is -2.51. The van der Waals surface area contributed by atoms with E-state index in [9.17, 15) is 9.90 Å². The number of rotatable bonds is 2. The fourth-order valence-corrected chi connectivity index (χ4v) is 7.36. The van der Waals surface area contributed by atoms with Crippen LogP contribution in [-0.4, -0.2) is 36.3 Å². The van der Waals surface area contributed by atoms with Crippen molar-refractivity contribution in [3.05, 3.63) is 11.6 Å². The van der Waals surface area contributed by atoms with Crippen molar-refractivity contribution in [1.82, 2.24) is 5.06 Å². The van der Waals surface area contributed by atoms with E-state index >= 15 is 0 Å². The number of hydrogen-bond donors (Lipinski definition) is 1. The van der Waals surface area contributed by atoms with Crippen LogP contribution >= 0.6 is 0 Å². The number of aliphatic hydroxyl groups excluding tert-OH is 1. The van der Waals surface area contributed by atoms with Crippen LogP contribution < -0.4 is 0 Å². The molecule has 7 unspecified atom stereocenters. The summed E-state index contributed by atoms with van der Waals surface area (Å²) < 4.78 is 0. The van der Waals surface area contributed by atoms with E-state index in [1.54, 1.807) is 14.2 Å². The molecule has 4 aliphatic rings. The molecule has 3 fully saturated rings. The molecule has 0 aromatic heterocycles. The molecular weight excluding hydrogens is 326 g/mol. The third-order valence-corrected chi connectivity index (χ3v) is 8.96. The van der Waals surface area contributed by atoms with Gasteiger partial charge in [0.2, 0.25) is 5.91 Å². The molecule has 3 saturated carbocycles. The Morgan fingerprint density at radius 2 is 1.96 bits per heavy atom. The van der Waals surface area contributed by atoms with Crippen molar-refractivity contribution >= 4 is 5.91 Å². The third-order valence-electron chi connectivity index (χ3n) is 8.96. The molecule has 1 N–H and O–H groups in total. The highest BCUT2D eigenvalue weighted by Gasteiger charge is 2.60. The van der Waals surface area contributed by atoms with Gasteiger partial charge in [0.05, 0.1) is 13.2 Å². The van der Waals surface area contributed by atoms with Gasteiger partial charge in [-0.3, -0.25) is 9.63 Å². The molecule has 7 atom stereocenters. The number of amides is 1. The summed E-state index contributed by atoms with van der Waals surface area (Å²) in [6, 6.07) is 0. The quantitative estimate of drug-likeness (QED) is 0.598. The van der Waals surface area contributed by atoms with Crippen LogP contribution in [0.3, 0.4) is 0 Å². The molecule has 0 aromatic rings. The summed E-state index contributed by atoms with van der Waals surface area (Å²) in [6.07, 6.45) is 11.0. The fourth-order valence-electron chi connectivity index (χ4n) is 7.36. The lowest BCUT2D eigenvalue weighted by atomic mass is 9.47. The SMILES string of the molecule is CON(C)C(=O)C1CCC2C3CC=C4CC(O)CCC4(C)C3CCC12C. The lowest BCUT2D eigenvalue weighted by molar-refractivity contribution is -0.179. The minimum absolute atomic E-state index is 0.102. The Morgan fingerprint density at radius 3 is 2.69 bits per heavy atom. The first-order valence-corrected chi connectivity index (χ1v) is 10.5. The zero-order chi connectivity index (χ0) is 18.7. The molecule has 0 aliphatic heterocycles. The summed E-state index contributed by atoms with van der Waals surface area (Å²) >= 11 is 0. The van der Waals surface area contributed by atoms with Gasteiger partial charge in [-0.15, -0.1) is 0 Å². The first-order chi connectivity index (χ1) is 12.3. The summed E-state index contributed by atoms with van der Waals surface area (Å²) in [4.78, 5) is 18.1. The van der Waals surface area contributed by atoms with E-state index in [4.69, 9.17) is 4.84 Å². The molecule has 0 radical (unpaired) electrons. The van der Waals surface area contributed by atoms with E-state index in [0.717, 1.165) is 44.4 Å². The van der Waals surface area contributed by atoms with E-state index in [0.29, 0.717) is 11.8 Å². The second kappa shape index (κ2) is 6.34. The van der Waals surface area contributed by atoms with E-state index in [1.165, 1.54) is 23.5 Å². The van der Waals surface area contributed by atoms with Crippen molar-refractivity contribution < 1.29 is 14.7 Å². The Labute approximate surface area is 157 Å². The van der Waals surface area contributed by atoms with Gasteiger partial charge in [-0.1, -0.05) is 25.5 Å². The molecule has 1 amide bonds. The number of aliphatic hydroxyl groups is 1. The molecular formula is C22H35NO3. The number of carbonyl (C=O) groups excluding carboxylic acids is 1. The summed E-state index contributed by atoms with van der Waals surface area (Å²) in [5.41, 5.74) is 1.90. The van der Waals surface area contributed by atoms with Crippen LogP contribution in [0.25, 0.3) is 0 Å². The van der Waals surface area contributed by atoms with Crippen LogP contribution in [0.15, 0.2) is 11.6 Å². The normalized spacial score (nSPS) is 47.4. The number of allylic oxidation sites excluding steroid dienone is 1. The molecule has 0 bridgehead atoms. The summed E-state index contributed by atoms with van der Waals surface area (Å²) in [5, 5.41) is 11.6. The highest BCUT2D eigenvalue weighted by atomic mass is 16.7. The Morgan fingerprint density at radius 1 is 1.19 bits per heavy atom. The summed E-state index contributed by atoms with van der Waals surface area (Å²) in [5.74, 6) is 2.33. The van der Waals surface area contributed by atoms with Gasteiger partial charge < -0.3 is 5.11 Å². The molecule has 26 heavy (non-hydrogen) atoms. The maximum atomic E-state index is 12.9. The van der Waals surface area contributed by atoms with Gasteiger partial charge in [0, 0.05) is 13.0 Å². The van der Waals surface area contributed by atoms with Crippen LogP contribution in [0, 0.1) is 34.5 Å². The molecule has 146 valence electrons. The first-order valence-electron chi connectivity index (χ1n) is 10.5. The molecule has 0 heterocycles. The van der Waals surface area contributed by atoms with Gasteiger partial charge in [0.25, 0.3) is 0 Å². The fraction of sp³-hybridized carbons (Fsp3) is 0.864. The van der Waals surface area contributed by atoms with Crippen LogP contribution in [0.4, 0.5) is 0 Å². The molecule has 4 rings (SSSR count). The Hall–Kier alpha value is -0.870. The highest BCUT2D eigenvalue weighted by molar-refractivity contribution is 5.79. The van der Waals surface area contributed by atoms with Crippen molar-refractivity contribution in [1.29, 1.82) is 0 Å². The molecule has 0 aromatic carbocycles. The number of carbonyl (C=O) groups is 1. The second-order valence-corrected chi connectivity index (χ2v) is 9.85. The van der Waals surface area contributed by atoms with E-state index in [2.05, 4.69) is 19.9 Å². The van der Waals surface area contributed by atoms with Gasteiger partial charge in [-0.2, -0.15) is 0 Å². The minimum Gasteiger partial charge on any atom is -0.393 e. The van der Waals surface area contributed by atoms with Crippen molar-refractivity contribution in [2.24, 2.45) is 34.5 Å². The van der Waals surface area contributed by atoms with Crippen LogP contribution in [-0.2, 0) is 9.63 Å². The van der Waals surface area contributed by atoms with Crippen LogP contribution in [0.1, 0.15) is 65.2 Å². The maximum absolute atomic E-state index is 12.9. The van der Waals surface area contributed by atoms with Crippen LogP contribution in [0.2, 0.25) is 0 Å². The van der Waals surface area contributed by atoms with E-state index in [1.807, 2.05) is 0 Å². The van der Waals surface area contributed by atoms with E-state index < -0.39 is 0 Å². The van der Waals surface area contributed by atoms with Gasteiger partial charge in [-0.05, 0) is 80.0 Å². The van der Waals surface area contributed by atoms with Gasteiger partial charge in [0.1, 0.15) is 0 Å². The Bertz CT molecular complexity index is 617. The molecule has 4 aliphatic carbocycles. The van der Waals surface area contributed by atoms with Crippen molar-refractivity contribution in [3.8, 4) is 0 Å². The number of hydrogen-bond acceptors (Lipinski definition) is 3. The predicted octanol–water partition coefficient (Wildman–Crippen LogP) is 3.95. The number of nitrogens with zero attached hydrogens (tertiary/aromatic N) is 1. The smallest absolute Gasteiger partial charge is 0.249 e. The molecule has 0 spiro atoms. The third kappa shape index (κ3) is 2.51. The minimum atomic E-state index is -0.141. The average molecular weight is 362 g/mol. The molecule has 4 nitrogen and oxygen atoms in total. The Kier molecular flexibility index (Phi) is 4.51. The standard InChI is InChI=1S/C22H35NO3/c1-21-11-9-15(24)13-14(21)5-6-16-17-7-8-19(20(25)23(3)26-4)22(17,2)12-10-18(16)21/h5,15-19,24H,6-13H2,1-4H3. The topological polar surface area (TPSA) is 49.8 Å².